The molecule has 2 nitrogen and oxygen atoms in total. The molecule has 2 aromatic carbocycles. The lowest BCUT2D eigenvalue weighted by molar-refractivity contribution is 0.317. The van der Waals surface area contributed by atoms with Gasteiger partial charge in [-0.3, -0.25) is 0 Å². The highest BCUT2D eigenvalue weighted by molar-refractivity contribution is 6.30. The van der Waals surface area contributed by atoms with E-state index < -0.39 is 0 Å². The molecule has 0 radical (unpaired) electrons. The quantitative estimate of drug-likeness (QED) is 0.779. The summed E-state index contributed by atoms with van der Waals surface area (Å²) in [6.07, 6.45) is 1.02. The maximum atomic E-state index is 6.03. The third-order valence-electron chi connectivity index (χ3n) is 3.33. The number of ether oxygens (including phenoxy) is 1. The molecule has 0 fully saturated rings. The van der Waals surface area contributed by atoms with E-state index in [1.807, 2.05) is 30.3 Å². The Morgan fingerprint density at radius 3 is 2.71 bits per heavy atom. The van der Waals surface area contributed by atoms with Crippen molar-refractivity contribution in [2.45, 2.75) is 32.9 Å². The molecular formula is C18H22ClNO. The van der Waals surface area contributed by atoms with Crippen LogP contribution in [0.25, 0.3) is 0 Å². The maximum absolute atomic E-state index is 6.03. The molecule has 1 atom stereocenters. The molecule has 0 aliphatic rings. The summed E-state index contributed by atoms with van der Waals surface area (Å²) >= 11 is 6.03. The zero-order valence-corrected chi connectivity index (χ0v) is 13.4. The van der Waals surface area contributed by atoms with Gasteiger partial charge in [0.2, 0.25) is 0 Å². The molecule has 1 N–H and O–H groups in total. The Bertz CT molecular complexity index is 571. The van der Waals surface area contributed by atoms with Crippen LogP contribution in [0.1, 0.15) is 37.4 Å². The van der Waals surface area contributed by atoms with Gasteiger partial charge in [-0.05, 0) is 48.7 Å². The van der Waals surface area contributed by atoms with Gasteiger partial charge in [0.1, 0.15) is 5.75 Å². The van der Waals surface area contributed by atoms with E-state index >= 15 is 0 Å². The summed E-state index contributed by atoms with van der Waals surface area (Å²) in [7, 11) is 0. The van der Waals surface area contributed by atoms with E-state index in [1.54, 1.807) is 0 Å². The fourth-order valence-electron chi connectivity index (χ4n) is 2.13. The normalized spacial score (nSPS) is 12.1. The van der Waals surface area contributed by atoms with Crippen molar-refractivity contribution in [1.82, 2.24) is 5.32 Å². The summed E-state index contributed by atoms with van der Waals surface area (Å²) in [5, 5.41) is 4.29. The number of benzene rings is 2. The lowest BCUT2D eigenvalue weighted by Gasteiger charge is -2.15. The molecule has 2 aromatic rings. The molecule has 0 heterocycles. The highest BCUT2D eigenvalue weighted by atomic mass is 35.5. The fraction of sp³-hybridized carbons (Fsp3) is 0.333. The molecule has 0 bridgehead atoms. The van der Waals surface area contributed by atoms with Crippen LogP contribution in [0, 0.1) is 0 Å². The minimum absolute atomic E-state index is 0.254. The lowest BCUT2D eigenvalue weighted by Crippen LogP contribution is -2.18. The predicted octanol–water partition coefficient (Wildman–Crippen LogP) is 4.98. The fourth-order valence-corrected chi connectivity index (χ4v) is 2.33. The molecule has 21 heavy (non-hydrogen) atoms. The van der Waals surface area contributed by atoms with Crippen molar-refractivity contribution in [1.29, 1.82) is 0 Å². The Morgan fingerprint density at radius 1 is 1.14 bits per heavy atom. The monoisotopic (exact) mass is 303 g/mol. The number of hydrogen-bond acceptors (Lipinski definition) is 2. The zero-order chi connectivity index (χ0) is 15.1. The SMILES string of the molecule is CCCOc1cccc(CNC(C)c2cccc(Cl)c2)c1. The first kappa shape index (κ1) is 15.9. The van der Waals surface area contributed by atoms with Crippen LogP contribution in [0.4, 0.5) is 0 Å². The minimum Gasteiger partial charge on any atom is -0.494 e. The second-order valence-corrected chi connectivity index (χ2v) is 5.59. The van der Waals surface area contributed by atoms with Crippen molar-refractivity contribution in [3.63, 3.8) is 0 Å². The number of rotatable bonds is 7. The van der Waals surface area contributed by atoms with E-state index in [0.29, 0.717) is 0 Å². The first-order valence-corrected chi connectivity index (χ1v) is 7.77. The number of hydrogen-bond donors (Lipinski definition) is 1. The smallest absolute Gasteiger partial charge is 0.119 e. The summed E-state index contributed by atoms with van der Waals surface area (Å²) in [6, 6.07) is 16.4. The highest BCUT2D eigenvalue weighted by Crippen LogP contribution is 2.19. The summed E-state index contributed by atoms with van der Waals surface area (Å²) in [5.41, 5.74) is 2.42. The molecule has 0 spiro atoms. The highest BCUT2D eigenvalue weighted by Gasteiger charge is 2.05. The van der Waals surface area contributed by atoms with Gasteiger partial charge in [-0.2, -0.15) is 0 Å². The van der Waals surface area contributed by atoms with Crippen molar-refractivity contribution in [3.8, 4) is 5.75 Å². The van der Waals surface area contributed by atoms with Crippen LogP contribution in [-0.2, 0) is 6.54 Å². The summed E-state index contributed by atoms with van der Waals surface area (Å²) < 4.78 is 5.66. The van der Waals surface area contributed by atoms with E-state index in [9.17, 15) is 0 Å². The summed E-state index contributed by atoms with van der Waals surface area (Å²) in [6.45, 7) is 5.81. The Morgan fingerprint density at radius 2 is 1.95 bits per heavy atom. The van der Waals surface area contributed by atoms with E-state index in [4.69, 9.17) is 16.3 Å². The minimum atomic E-state index is 0.254. The van der Waals surface area contributed by atoms with Crippen molar-refractivity contribution < 1.29 is 4.74 Å². The molecule has 1 unspecified atom stereocenters. The van der Waals surface area contributed by atoms with Crippen LogP contribution in [0.15, 0.2) is 48.5 Å². The van der Waals surface area contributed by atoms with Crippen LogP contribution >= 0.6 is 11.6 Å². The van der Waals surface area contributed by atoms with Crippen molar-refractivity contribution in [3.05, 3.63) is 64.7 Å². The maximum Gasteiger partial charge on any atom is 0.119 e. The molecule has 0 saturated carbocycles. The summed E-state index contributed by atoms with van der Waals surface area (Å²) in [4.78, 5) is 0. The number of halogens is 1. The standard InChI is InChI=1S/C18H22ClNO/c1-3-10-21-18-9-4-6-15(11-18)13-20-14(2)16-7-5-8-17(19)12-16/h4-9,11-12,14,20H,3,10,13H2,1-2H3. The van der Waals surface area contributed by atoms with E-state index in [-0.39, 0.29) is 6.04 Å². The van der Waals surface area contributed by atoms with Gasteiger partial charge >= 0.3 is 0 Å². The van der Waals surface area contributed by atoms with Gasteiger partial charge in [0.15, 0.2) is 0 Å². The molecule has 0 aliphatic carbocycles. The molecule has 112 valence electrons. The molecular weight excluding hydrogens is 282 g/mol. The Hall–Kier alpha value is -1.51. The van der Waals surface area contributed by atoms with Gasteiger partial charge in [0, 0.05) is 17.6 Å². The van der Waals surface area contributed by atoms with Gasteiger partial charge in [0.05, 0.1) is 6.61 Å². The van der Waals surface area contributed by atoms with Crippen LogP contribution in [0.3, 0.4) is 0 Å². The lowest BCUT2D eigenvalue weighted by atomic mass is 10.1. The zero-order valence-electron chi connectivity index (χ0n) is 12.6. The number of nitrogens with one attached hydrogen (secondary N) is 1. The molecule has 3 heteroatoms. The predicted molar refractivity (Wildman–Crippen MR) is 88.9 cm³/mol. The molecule has 0 aliphatic heterocycles. The molecule has 0 aromatic heterocycles. The third-order valence-corrected chi connectivity index (χ3v) is 3.57. The van der Waals surface area contributed by atoms with Gasteiger partial charge in [-0.25, -0.2) is 0 Å². The Balaban J connectivity index is 1.93. The molecule has 2 rings (SSSR count). The Kier molecular flexibility index (Phi) is 6.09. The van der Waals surface area contributed by atoms with Crippen LogP contribution in [0.2, 0.25) is 5.02 Å². The van der Waals surface area contributed by atoms with Crippen LogP contribution in [-0.4, -0.2) is 6.61 Å². The van der Waals surface area contributed by atoms with Crippen molar-refractivity contribution in [2.24, 2.45) is 0 Å². The second kappa shape index (κ2) is 8.06. The third kappa shape index (κ3) is 5.07. The second-order valence-electron chi connectivity index (χ2n) is 5.15. The van der Waals surface area contributed by atoms with Gasteiger partial charge < -0.3 is 10.1 Å². The first-order valence-electron chi connectivity index (χ1n) is 7.39. The van der Waals surface area contributed by atoms with Gasteiger partial charge in [-0.1, -0.05) is 42.8 Å². The van der Waals surface area contributed by atoms with Gasteiger partial charge in [0.25, 0.3) is 0 Å². The summed E-state index contributed by atoms with van der Waals surface area (Å²) in [5.74, 6) is 0.937. The van der Waals surface area contributed by atoms with Crippen molar-refractivity contribution in [2.75, 3.05) is 6.61 Å². The van der Waals surface area contributed by atoms with E-state index in [1.165, 1.54) is 11.1 Å². The largest absolute Gasteiger partial charge is 0.494 e. The van der Waals surface area contributed by atoms with Crippen LogP contribution < -0.4 is 10.1 Å². The van der Waals surface area contributed by atoms with Gasteiger partial charge in [-0.15, -0.1) is 0 Å². The molecule has 0 amide bonds. The Labute approximate surface area is 132 Å². The topological polar surface area (TPSA) is 21.3 Å². The van der Waals surface area contributed by atoms with E-state index in [0.717, 1.165) is 30.3 Å². The molecule has 0 saturated heterocycles. The average molecular weight is 304 g/mol. The van der Waals surface area contributed by atoms with Crippen LogP contribution in [0.5, 0.6) is 5.75 Å². The van der Waals surface area contributed by atoms with E-state index in [2.05, 4.69) is 37.4 Å². The van der Waals surface area contributed by atoms with Crippen molar-refractivity contribution >= 4 is 11.6 Å². The average Bonchev–Trinajstić information content (AvgIpc) is 2.51. The first-order chi connectivity index (χ1) is 10.2.